The maximum absolute atomic E-state index is 6.04. The highest BCUT2D eigenvalue weighted by Crippen LogP contribution is 2.36. The second kappa shape index (κ2) is 7.34. The third kappa shape index (κ3) is 3.37. The van der Waals surface area contributed by atoms with Crippen LogP contribution in [0.25, 0.3) is 21.9 Å². The Kier molecular flexibility index (Phi) is 4.76. The van der Waals surface area contributed by atoms with Crippen LogP contribution in [0, 0.1) is 0 Å². The van der Waals surface area contributed by atoms with Gasteiger partial charge in [0.2, 0.25) is 0 Å². The van der Waals surface area contributed by atoms with E-state index in [1.165, 1.54) is 0 Å². The molecule has 3 aromatic rings. The van der Waals surface area contributed by atoms with E-state index in [2.05, 4.69) is 46.7 Å². The number of fused-ring (bicyclic) bond motifs is 1. The Hall–Kier alpha value is -2.59. The molecule has 0 unspecified atom stereocenters. The first-order valence-corrected chi connectivity index (χ1v) is 9.28. The standard InChI is InChI=1S/C22H25N3O/c1-26-22-12-18(25-17-9-7-16(23)8-10-17)11-19-20(13-24-14-21(19)22)15-5-3-2-4-6-15/h2-6,11-14,16-17,25H,7-10,23H2,1H3. The fourth-order valence-corrected chi connectivity index (χ4v) is 3.84. The van der Waals surface area contributed by atoms with Crippen LogP contribution in [-0.4, -0.2) is 24.2 Å². The van der Waals surface area contributed by atoms with Crippen molar-refractivity contribution in [1.29, 1.82) is 0 Å². The van der Waals surface area contributed by atoms with Crippen molar-refractivity contribution in [3.05, 3.63) is 54.9 Å². The van der Waals surface area contributed by atoms with Crippen LogP contribution < -0.4 is 15.8 Å². The van der Waals surface area contributed by atoms with Crippen molar-refractivity contribution in [1.82, 2.24) is 4.98 Å². The minimum absolute atomic E-state index is 0.356. The van der Waals surface area contributed by atoms with E-state index in [9.17, 15) is 0 Å². The first-order valence-electron chi connectivity index (χ1n) is 9.28. The van der Waals surface area contributed by atoms with Crippen LogP contribution in [0.2, 0.25) is 0 Å². The molecule has 1 heterocycles. The lowest BCUT2D eigenvalue weighted by atomic mass is 9.91. The Labute approximate surface area is 154 Å². The molecular weight excluding hydrogens is 322 g/mol. The molecule has 3 N–H and O–H groups in total. The van der Waals surface area contributed by atoms with E-state index in [0.29, 0.717) is 12.1 Å². The lowest BCUT2D eigenvalue weighted by Crippen LogP contribution is -2.32. The van der Waals surface area contributed by atoms with Gasteiger partial charge >= 0.3 is 0 Å². The van der Waals surface area contributed by atoms with Gasteiger partial charge in [-0.05, 0) is 42.7 Å². The number of aromatic nitrogens is 1. The van der Waals surface area contributed by atoms with Gasteiger partial charge in [-0.1, -0.05) is 30.3 Å². The van der Waals surface area contributed by atoms with Crippen molar-refractivity contribution in [2.24, 2.45) is 5.73 Å². The van der Waals surface area contributed by atoms with Gasteiger partial charge in [0.15, 0.2) is 0 Å². The Morgan fingerprint density at radius 1 is 1.00 bits per heavy atom. The number of hydrogen-bond donors (Lipinski definition) is 2. The molecule has 0 radical (unpaired) electrons. The number of nitrogens with one attached hydrogen (secondary N) is 1. The van der Waals surface area contributed by atoms with E-state index in [1.54, 1.807) is 7.11 Å². The quantitative estimate of drug-likeness (QED) is 0.724. The lowest BCUT2D eigenvalue weighted by Gasteiger charge is -2.28. The normalized spacial score (nSPS) is 20.1. The average Bonchev–Trinajstić information content (AvgIpc) is 2.69. The number of benzene rings is 2. The van der Waals surface area contributed by atoms with Crippen molar-refractivity contribution in [2.75, 3.05) is 12.4 Å². The fraction of sp³-hybridized carbons (Fsp3) is 0.318. The van der Waals surface area contributed by atoms with Gasteiger partial charge < -0.3 is 15.8 Å². The van der Waals surface area contributed by atoms with Gasteiger partial charge in [-0.15, -0.1) is 0 Å². The van der Waals surface area contributed by atoms with Crippen LogP contribution in [0.5, 0.6) is 5.75 Å². The first-order chi connectivity index (χ1) is 12.7. The molecule has 134 valence electrons. The minimum atomic E-state index is 0.356. The van der Waals surface area contributed by atoms with E-state index in [-0.39, 0.29) is 0 Å². The third-order valence-corrected chi connectivity index (χ3v) is 5.29. The lowest BCUT2D eigenvalue weighted by molar-refractivity contribution is 0.410. The second-order valence-corrected chi connectivity index (χ2v) is 7.08. The maximum Gasteiger partial charge on any atom is 0.130 e. The summed E-state index contributed by atoms with van der Waals surface area (Å²) in [4.78, 5) is 4.44. The van der Waals surface area contributed by atoms with Crippen LogP contribution in [0.4, 0.5) is 5.69 Å². The van der Waals surface area contributed by atoms with Crippen molar-refractivity contribution in [3.8, 4) is 16.9 Å². The molecule has 0 spiro atoms. The first kappa shape index (κ1) is 16.9. The zero-order valence-corrected chi connectivity index (χ0v) is 15.1. The number of nitrogens with zero attached hydrogens (tertiary/aromatic N) is 1. The SMILES string of the molecule is COc1cc(NC2CCC(N)CC2)cc2c(-c3ccccc3)cncc12. The molecule has 0 aliphatic heterocycles. The van der Waals surface area contributed by atoms with Crippen molar-refractivity contribution in [3.63, 3.8) is 0 Å². The zero-order valence-electron chi connectivity index (χ0n) is 15.1. The van der Waals surface area contributed by atoms with Gasteiger partial charge in [-0.2, -0.15) is 0 Å². The second-order valence-electron chi connectivity index (χ2n) is 7.08. The number of hydrogen-bond acceptors (Lipinski definition) is 4. The van der Waals surface area contributed by atoms with Gasteiger partial charge in [0.05, 0.1) is 7.11 Å². The monoisotopic (exact) mass is 347 g/mol. The zero-order chi connectivity index (χ0) is 17.9. The van der Waals surface area contributed by atoms with Crippen molar-refractivity contribution < 1.29 is 4.74 Å². The highest BCUT2D eigenvalue weighted by molar-refractivity contribution is 6.01. The molecule has 1 saturated carbocycles. The Morgan fingerprint density at radius 2 is 1.77 bits per heavy atom. The Morgan fingerprint density at radius 3 is 2.50 bits per heavy atom. The molecule has 4 rings (SSSR count). The molecule has 1 aliphatic rings. The third-order valence-electron chi connectivity index (χ3n) is 5.29. The molecule has 0 bridgehead atoms. The van der Waals surface area contributed by atoms with Crippen LogP contribution in [-0.2, 0) is 0 Å². The predicted octanol–water partition coefficient (Wildman–Crippen LogP) is 4.59. The van der Waals surface area contributed by atoms with Crippen molar-refractivity contribution in [2.45, 2.75) is 37.8 Å². The van der Waals surface area contributed by atoms with E-state index >= 15 is 0 Å². The number of rotatable bonds is 4. The summed E-state index contributed by atoms with van der Waals surface area (Å²) < 4.78 is 5.67. The van der Waals surface area contributed by atoms with Gasteiger partial charge in [0.1, 0.15) is 5.75 Å². The summed E-state index contributed by atoms with van der Waals surface area (Å²) in [6, 6.07) is 15.5. The summed E-state index contributed by atoms with van der Waals surface area (Å²) in [7, 11) is 1.72. The van der Waals surface area contributed by atoms with E-state index in [1.807, 2.05) is 18.5 Å². The summed E-state index contributed by atoms with van der Waals surface area (Å²) in [5, 5.41) is 5.88. The van der Waals surface area contributed by atoms with Gasteiger partial charge in [0.25, 0.3) is 0 Å². The maximum atomic E-state index is 6.04. The average molecular weight is 347 g/mol. The number of anilines is 1. The molecule has 0 atom stereocenters. The molecule has 1 fully saturated rings. The molecule has 0 saturated heterocycles. The number of pyridine rings is 1. The smallest absolute Gasteiger partial charge is 0.130 e. The largest absolute Gasteiger partial charge is 0.496 e. The van der Waals surface area contributed by atoms with Crippen LogP contribution in [0.3, 0.4) is 0 Å². The molecule has 4 heteroatoms. The summed E-state index contributed by atoms with van der Waals surface area (Å²) in [5.74, 6) is 0.850. The molecule has 1 aromatic heterocycles. The molecule has 4 nitrogen and oxygen atoms in total. The van der Waals surface area contributed by atoms with E-state index in [4.69, 9.17) is 10.5 Å². The molecule has 1 aliphatic carbocycles. The van der Waals surface area contributed by atoms with E-state index in [0.717, 1.165) is 59.0 Å². The van der Waals surface area contributed by atoms with Crippen molar-refractivity contribution >= 4 is 16.5 Å². The van der Waals surface area contributed by atoms with Crippen LogP contribution >= 0.6 is 0 Å². The van der Waals surface area contributed by atoms with Gasteiger partial charge in [0, 0.05) is 47.2 Å². The molecular formula is C22H25N3O. The number of ether oxygens (including phenoxy) is 1. The van der Waals surface area contributed by atoms with Gasteiger partial charge in [-0.25, -0.2) is 0 Å². The molecule has 0 amide bonds. The number of methoxy groups -OCH3 is 1. The fourth-order valence-electron chi connectivity index (χ4n) is 3.84. The molecule has 26 heavy (non-hydrogen) atoms. The highest BCUT2D eigenvalue weighted by Gasteiger charge is 2.19. The van der Waals surface area contributed by atoms with E-state index < -0.39 is 0 Å². The van der Waals surface area contributed by atoms with Crippen LogP contribution in [0.15, 0.2) is 54.9 Å². The summed E-state index contributed by atoms with van der Waals surface area (Å²) in [6.07, 6.45) is 8.21. The topological polar surface area (TPSA) is 60.2 Å². The summed E-state index contributed by atoms with van der Waals surface area (Å²) >= 11 is 0. The van der Waals surface area contributed by atoms with Gasteiger partial charge in [-0.3, -0.25) is 4.98 Å². The van der Waals surface area contributed by atoms with Crippen LogP contribution in [0.1, 0.15) is 25.7 Å². The number of nitrogens with two attached hydrogens (primary N) is 1. The predicted molar refractivity (Wildman–Crippen MR) is 108 cm³/mol. The molecule has 2 aromatic carbocycles. The highest BCUT2D eigenvalue weighted by atomic mass is 16.5. The summed E-state index contributed by atoms with van der Waals surface area (Å²) in [5.41, 5.74) is 9.42. The Bertz CT molecular complexity index is 887. The minimum Gasteiger partial charge on any atom is -0.496 e. The Balaban J connectivity index is 1.75. The summed E-state index contributed by atoms with van der Waals surface area (Å²) in [6.45, 7) is 0.